The van der Waals surface area contributed by atoms with Crippen molar-refractivity contribution in [2.45, 2.75) is 33.6 Å². The third-order valence-corrected chi connectivity index (χ3v) is 0.866. The quantitative estimate of drug-likeness (QED) is 0.483. The van der Waals surface area contributed by atoms with E-state index in [0.717, 1.165) is 5.92 Å². The van der Waals surface area contributed by atoms with Crippen LogP contribution in [0.25, 0.3) is 0 Å². The first-order valence-corrected chi connectivity index (χ1v) is 3.27. The van der Waals surface area contributed by atoms with Crippen molar-refractivity contribution < 1.29 is 0 Å². The Labute approximate surface area is 53.6 Å². The lowest BCUT2D eigenvalue weighted by Gasteiger charge is -1.95. The van der Waals surface area contributed by atoms with Gasteiger partial charge in [0.05, 0.1) is 0 Å². The third kappa shape index (κ3) is 17.2. The van der Waals surface area contributed by atoms with Crippen LogP contribution < -0.4 is 0 Å². The Bertz CT molecular complexity index is 29.0. The van der Waals surface area contributed by atoms with Crippen LogP contribution in [0.3, 0.4) is 0 Å². The van der Waals surface area contributed by atoms with Crippen molar-refractivity contribution in [1.82, 2.24) is 0 Å². The fourth-order valence-electron chi connectivity index (χ4n) is 0.577. The maximum absolute atomic E-state index is 3.00. The van der Waals surface area contributed by atoms with Crippen LogP contribution in [-0.2, 0) is 0 Å². The van der Waals surface area contributed by atoms with Crippen LogP contribution in [-0.4, -0.2) is 0 Å². The summed E-state index contributed by atoms with van der Waals surface area (Å²) < 4.78 is 0. The first kappa shape index (κ1) is 10.7. The zero-order valence-corrected chi connectivity index (χ0v) is 6.41. The minimum Gasteiger partial charge on any atom is -0.106 e. The molecule has 0 fully saturated rings. The summed E-state index contributed by atoms with van der Waals surface area (Å²) in [6.07, 6.45) is 2.71. The van der Waals surface area contributed by atoms with Crippen molar-refractivity contribution >= 4 is 0 Å². The molecule has 0 nitrogen and oxygen atoms in total. The molecule has 0 aromatic heterocycles. The lowest BCUT2D eigenvalue weighted by molar-refractivity contribution is 0.576. The number of hydrogen-bond donors (Lipinski definition) is 0. The molecule has 50 valence electrons. The van der Waals surface area contributed by atoms with E-state index in [1.165, 1.54) is 12.8 Å². The molecule has 0 rings (SSSR count). The zero-order valence-electron chi connectivity index (χ0n) is 6.41. The molecule has 0 aliphatic heterocycles. The molecule has 0 bridgehead atoms. The minimum absolute atomic E-state index is 0.898. The second-order valence-corrected chi connectivity index (χ2v) is 2.18. The maximum Gasteiger partial charge on any atom is -0.0471 e. The van der Waals surface area contributed by atoms with Crippen molar-refractivity contribution in [3.63, 3.8) is 0 Å². The van der Waals surface area contributed by atoms with Crippen LogP contribution in [0.1, 0.15) is 33.6 Å². The van der Waals surface area contributed by atoms with E-state index in [1.54, 1.807) is 0 Å². The van der Waals surface area contributed by atoms with Gasteiger partial charge in [-0.1, -0.05) is 33.6 Å². The van der Waals surface area contributed by atoms with Crippen LogP contribution in [0.15, 0.2) is 13.2 Å². The van der Waals surface area contributed by atoms with Gasteiger partial charge in [0.25, 0.3) is 0 Å². The second kappa shape index (κ2) is 9.88. The standard InChI is InChI=1S/C6H14.C2H4/c1-4-5-6(2)3;1-2/h6H,4-5H2,1-3H3;1-2H2. The molecule has 0 saturated heterocycles. The molecule has 0 aromatic rings. The van der Waals surface area contributed by atoms with Crippen molar-refractivity contribution in [3.05, 3.63) is 13.2 Å². The van der Waals surface area contributed by atoms with Gasteiger partial charge >= 0.3 is 0 Å². The predicted molar refractivity (Wildman–Crippen MR) is 41.0 cm³/mol. The first-order valence-electron chi connectivity index (χ1n) is 3.27. The molecule has 0 aliphatic rings. The summed E-state index contributed by atoms with van der Waals surface area (Å²) in [7, 11) is 0. The predicted octanol–water partition coefficient (Wildman–Crippen LogP) is 3.24. The average molecular weight is 114 g/mol. The van der Waals surface area contributed by atoms with Crippen molar-refractivity contribution in [1.29, 1.82) is 0 Å². The van der Waals surface area contributed by atoms with Crippen LogP contribution in [0.4, 0.5) is 0 Å². The van der Waals surface area contributed by atoms with Gasteiger partial charge in [0.15, 0.2) is 0 Å². The molecule has 0 aromatic carbocycles. The van der Waals surface area contributed by atoms with Gasteiger partial charge in [-0.2, -0.15) is 0 Å². The topological polar surface area (TPSA) is 0 Å². The molecular formula is C8H18. The molecule has 0 heteroatoms. The fourth-order valence-corrected chi connectivity index (χ4v) is 0.577. The van der Waals surface area contributed by atoms with Crippen molar-refractivity contribution in [2.75, 3.05) is 0 Å². The van der Waals surface area contributed by atoms with Gasteiger partial charge in [-0.15, -0.1) is 13.2 Å². The highest BCUT2D eigenvalue weighted by Crippen LogP contribution is 2.00. The molecule has 8 heavy (non-hydrogen) atoms. The summed E-state index contributed by atoms with van der Waals surface area (Å²) in [5, 5.41) is 0. The summed E-state index contributed by atoms with van der Waals surface area (Å²) in [5.74, 6) is 0.898. The summed E-state index contributed by atoms with van der Waals surface area (Å²) in [4.78, 5) is 0. The van der Waals surface area contributed by atoms with E-state index in [4.69, 9.17) is 0 Å². The van der Waals surface area contributed by atoms with Crippen LogP contribution in [0, 0.1) is 5.92 Å². The van der Waals surface area contributed by atoms with Gasteiger partial charge in [-0.25, -0.2) is 0 Å². The molecule has 0 unspecified atom stereocenters. The Hall–Kier alpha value is -0.260. The minimum atomic E-state index is 0.898. The second-order valence-electron chi connectivity index (χ2n) is 2.18. The number of hydrogen-bond acceptors (Lipinski definition) is 0. The Morgan fingerprint density at radius 3 is 1.62 bits per heavy atom. The Balaban J connectivity index is 0. The van der Waals surface area contributed by atoms with Gasteiger partial charge in [0, 0.05) is 0 Å². The van der Waals surface area contributed by atoms with E-state index in [-0.39, 0.29) is 0 Å². The molecule has 0 spiro atoms. The van der Waals surface area contributed by atoms with E-state index in [1.807, 2.05) is 0 Å². The Morgan fingerprint density at radius 1 is 1.25 bits per heavy atom. The molecule has 0 atom stereocenters. The Morgan fingerprint density at radius 2 is 1.62 bits per heavy atom. The average Bonchev–Trinajstić information content (AvgIpc) is 1.72. The lowest BCUT2D eigenvalue weighted by atomic mass is 10.1. The SMILES string of the molecule is C=C.CCCC(C)C. The monoisotopic (exact) mass is 114 g/mol. The van der Waals surface area contributed by atoms with E-state index in [9.17, 15) is 0 Å². The fraction of sp³-hybridized carbons (Fsp3) is 0.750. The highest BCUT2D eigenvalue weighted by molar-refractivity contribution is 4.38. The molecule has 0 heterocycles. The first-order chi connectivity index (χ1) is 3.77. The van der Waals surface area contributed by atoms with Gasteiger partial charge in [0.2, 0.25) is 0 Å². The van der Waals surface area contributed by atoms with E-state index in [0.29, 0.717) is 0 Å². The molecule has 0 N–H and O–H groups in total. The summed E-state index contributed by atoms with van der Waals surface area (Å²) >= 11 is 0. The lowest BCUT2D eigenvalue weighted by Crippen LogP contribution is -1.81. The van der Waals surface area contributed by atoms with E-state index < -0.39 is 0 Å². The normalized spacial score (nSPS) is 8.00. The van der Waals surface area contributed by atoms with E-state index in [2.05, 4.69) is 33.9 Å². The summed E-state index contributed by atoms with van der Waals surface area (Å²) in [6, 6.07) is 0. The van der Waals surface area contributed by atoms with Gasteiger partial charge in [-0.3, -0.25) is 0 Å². The van der Waals surface area contributed by atoms with Crippen LogP contribution >= 0.6 is 0 Å². The van der Waals surface area contributed by atoms with Crippen molar-refractivity contribution in [2.24, 2.45) is 5.92 Å². The molecule has 0 saturated carbocycles. The maximum atomic E-state index is 3.00. The summed E-state index contributed by atoms with van der Waals surface area (Å²) in [6.45, 7) is 12.7. The van der Waals surface area contributed by atoms with E-state index >= 15 is 0 Å². The van der Waals surface area contributed by atoms with Crippen molar-refractivity contribution in [3.8, 4) is 0 Å². The molecule has 0 radical (unpaired) electrons. The largest absolute Gasteiger partial charge is 0.106 e. The zero-order chi connectivity index (χ0) is 6.99. The Kier molecular flexibility index (Phi) is 13.2. The van der Waals surface area contributed by atoms with Crippen LogP contribution in [0.5, 0.6) is 0 Å². The molecular weight excluding hydrogens is 96.1 g/mol. The smallest absolute Gasteiger partial charge is 0.0471 e. The van der Waals surface area contributed by atoms with Gasteiger partial charge in [0.1, 0.15) is 0 Å². The highest BCUT2D eigenvalue weighted by Gasteiger charge is 1.85. The van der Waals surface area contributed by atoms with Gasteiger partial charge < -0.3 is 0 Å². The molecule has 0 aliphatic carbocycles. The molecule has 0 amide bonds. The van der Waals surface area contributed by atoms with Gasteiger partial charge in [-0.05, 0) is 5.92 Å². The third-order valence-electron chi connectivity index (χ3n) is 0.866. The number of rotatable bonds is 2. The van der Waals surface area contributed by atoms with Crippen LogP contribution in [0.2, 0.25) is 0 Å². The highest BCUT2D eigenvalue weighted by atomic mass is 13.9. The summed E-state index contributed by atoms with van der Waals surface area (Å²) in [5.41, 5.74) is 0.